The highest BCUT2D eigenvalue weighted by atomic mass is 35.5. The summed E-state index contributed by atoms with van der Waals surface area (Å²) in [5, 5.41) is 8.18. The van der Waals surface area contributed by atoms with E-state index in [2.05, 4.69) is 10.4 Å². The van der Waals surface area contributed by atoms with Gasteiger partial charge < -0.3 is 15.0 Å². The molecule has 0 atom stereocenters. The number of carbonyl (C=O) groups excluding carboxylic acids is 1. The predicted octanol–water partition coefficient (Wildman–Crippen LogP) is 3.49. The molecule has 0 bridgehead atoms. The first kappa shape index (κ1) is 19.9. The molecule has 0 aliphatic heterocycles. The average molecular weight is 399 g/mol. The van der Waals surface area contributed by atoms with Crippen molar-refractivity contribution >= 4 is 17.5 Å². The Morgan fingerprint density at radius 2 is 1.93 bits per heavy atom. The number of hydrogen-bond donors (Lipinski definition) is 1. The summed E-state index contributed by atoms with van der Waals surface area (Å²) in [6, 6.07) is 16.6. The minimum Gasteiger partial charge on any atom is -0.497 e. The second-order valence-corrected chi connectivity index (χ2v) is 7.03. The standard InChI is InChI=1S/C21H23ClN4O2/c1-25(2)12-11-23-21(27)20-14-19(15-7-9-18(28-3)10-8-15)24-26(20)17-6-4-5-16(22)13-17/h4-10,13-14H,11-12H2,1-3H3,(H,23,27). The third kappa shape index (κ3) is 4.71. The molecule has 6 nitrogen and oxygen atoms in total. The van der Waals surface area contributed by atoms with Gasteiger partial charge in [-0.15, -0.1) is 0 Å². The molecular formula is C21H23ClN4O2. The second-order valence-electron chi connectivity index (χ2n) is 6.59. The van der Waals surface area contributed by atoms with Gasteiger partial charge in [-0.3, -0.25) is 4.79 Å². The molecule has 1 N–H and O–H groups in total. The molecule has 0 radical (unpaired) electrons. The fourth-order valence-electron chi connectivity index (χ4n) is 2.73. The first-order chi connectivity index (χ1) is 13.5. The lowest BCUT2D eigenvalue weighted by Crippen LogP contribution is -2.32. The van der Waals surface area contributed by atoms with Crippen LogP contribution in [0.15, 0.2) is 54.6 Å². The van der Waals surface area contributed by atoms with Crippen molar-refractivity contribution in [3.63, 3.8) is 0 Å². The highest BCUT2D eigenvalue weighted by molar-refractivity contribution is 6.30. The van der Waals surface area contributed by atoms with Crippen LogP contribution in [0.25, 0.3) is 16.9 Å². The molecule has 0 spiro atoms. The van der Waals surface area contributed by atoms with Crippen molar-refractivity contribution in [1.82, 2.24) is 20.0 Å². The smallest absolute Gasteiger partial charge is 0.270 e. The van der Waals surface area contributed by atoms with E-state index in [1.165, 1.54) is 0 Å². The molecular weight excluding hydrogens is 376 g/mol. The maximum atomic E-state index is 12.8. The van der Waals surface area contributed by atoms with Crippen molar-refractivity contribution in [2.24, 2.45) is 0 Å². The summed E-state index contributed by atoms with van der Waals surface area (Å²) in [5.74, 6) is 0.578. The van der Waals surface area contributed by atoms with E-state index in [0.717, 1.165) is 23.5 Å². The molecule has 0 unspecified atom stereocenters. The molecule has 0 saturated carbocycles. The Hall–Kier alpha value is -2.83. The van der Waals surface area contributed by atoms with Crippen LogP contribution < -0.4 is 10.1 Å². The number of halogens is 1. The fraction of sp³-hybridized carbons (Fsp3) is 0.238. The van der Waals surface area contributed by atoms with Crippen LogP contribution in [0, 0.1) is 0 Å². The van der Waals surface area contributed by atoms with Gasteiger partial charge in [0.25, 0.3) is 5.91 Å². The van der Waals surface area contributed by atoms with Gasteiger partial charge in [0.2, 0.25) is 0 Å². The Morgan fingerprint density at radius 3 is 2.57 bits per heavy atom. The normalized spacial score (nSPS) is 10.9. The number of ether oxygens (including phenoxy) is 1. The lowest BCUT2D eigenvalue weighted by atomic mass is 10.1. The number of rotatable bonds is 7. The molecule has 146 valence electrons. The second kappa shape index (κ2) is 8.91. The van der Waals surface area contributed by atoms with E-state index in [-0.39, 0.29) is 5.91 Å². The average Bonchev–Trinajstić information content (AvgIpc) is 3.13. The molecule has 1 aromatic heterocycles. The van der Waals surface area contributed by atoms with Gasteiger partial charge in [-0.2, -0.15) is 5.10 Å². The van der Waals surface area contributed by atoms with Crippen molar-refractivity contribution in [3.8, 4) is 22.7 Å². The number of likely N-dealkylation sites (N-methyl/N-ethyl adjacent to an activating group) is 1. The Balaban J connectivity index is 1.97. The lowest BCUT2D eigenvalue weighted by molar-refractivity contribution is 0.0943. The third-order valence-electron chi connectivity index (χ3n) is 4.23. The van der Waals surface area contributed by atoms with Gasteiger partial charge in [0.1, 0.15) is 11.4 Å². The van der Waals surface area contributed by atoms with Gasteiger partial charge in [-0.25, -0.2) is 4.68 Å². The van der Waals surface area contributed by atoms with Gasteiger partial charge in [-0.05, 0) is 62.6 Å². The fourth-order valence-corrected chi connectivity index (χ4v) is 2.92. The lowest BCUT2D eigenvalue weighted by Gasteiger charge is -2.11. The molecule has 28 heavy (non-hydrogen) atoms. The number of amides is 1. The summed E-state index contributed by atoms with van der Waals surface area (Å²) in [4.78, 5) is 14.8. The third-order valence-corrected chi connectivity index (χ3v) is 4.46. The number of nitrogens with zero attached hydrogens (tertiary/aromatic N) is 3. The van der Waals surface area contributed by atoms with Gasteiger partial charge in [-0.1, -0.05) is 17.7 Å². The molecule has 3 aromatic rings. The van der Waals surface area contributed by atoms with E-state index in [1.807, 2.05) is 55.4 Å². The monoisotopic (exact) mass is 398 g/mol. The summed E-state index contributed by atoms with van der Waals surface area (Å²) < 4.78 is 6.83. The van der Waals surface area contributed by atoms with Crippen molar-refractivity contribution in [2.45, 2.75) is 0 Å². The molecule has 2 aromatic carbocycles. The summed E-state index contributed by atoms with van der Waals surface area (Å²) >= 11 is 6.14. The van der Waals surface area contributed by atoms with Crippen LogP contribution in [0.1, 0.15) is 10.5 Å². The zero-order valence-corrected chi connectivity index (χ0v) is 16.9. The quantitative estimate of drug-likeness (QED) is 0.661. The molecule has 0 aliphatic carbocycles. The van der Waals surface area contributed by atoms with E-state index < -0.39 is 0 Å². The van der Waals surface area contributed by atoms with E-state index in [9.17, 15) is 4.79 Å². The van der Waals surface area contributed by atoms with E-state index in [0.29, 0.717) is 23.0 Å². The van der Waals surface area contributed by atoms with Crippen LogP contribution in [-0.4, -0.2) is 54.9 Å². The topological polar surface area (TPSA) is 59.4 Å². The van der Waals surface area contributed by atoms with Gasteiger partial charge >= 0.3 is 0 Å². The first-order valence-corrected chi connectivity index (χ1v) is 9.29. The van der Waals surface area contributed by atoms with Gasteiger partial charge in [0.05, 0.1) is 18.5 Å². The summed E-state index contributed by atoms with van der Waals surface area (Å²) in [7, 11) is 5.55. The maximum Gasteiger partial charge on any atom is 0.270 e. The molecule has 1 heterocycles. The summed E-state index contributed by atoms with van der Waals surface area (Å²) in [6.07, 6.45) is 0. The molecule has 0 saturated heterocycles. The predicted molar refractivity (Wildman–Crippen MR) is 111 cm³/mol. The number of nitrogens with one attached hydrogen (secondary N) is 1. The summed E-state index contributed by atoms with van der Waals surface area (Å²) in [6.45, 7) is 1.30. The van der Waals surface area contributed by atoms with Crippen molar-refractivity contribution < 1.29 is 9.53 Å². The minimum atomic E-state index is -0.186. The van der Waals surface area contributed by atoms with Crippen LogP contribution in [0.4, 0.5) is 0 Å². The molecule has 0 aliphatic rings. The van der Waals surface area contributed by atoms with Crippen molar-refractivity contribution in [1.29, 1.82) is 0 Å². The minimum absolute atomic E-state index is 0.186. The molecule has 0 fully saturated rings. The number of methoxy groups -OCH3 is 1. The van der Waals surface area contributed by atoms with E-state index >= 15 is 0 Å². The first-order valence-electron chi connectivity index (χ1n) is 8.91. The number of carbonyl (C=O) groups is 1. The number of hydrogen-bond acceptors (Lipinski definition) is 4. The van der Waals surface area contributed by atoms with Crippen LogP contribution in [0.5, 0.6) is 5.75 Å². The van der Waals surface area contributed by atoms with Crippen LogP contribution in [0.3, 0.4) is 0 Å². The Kier molecular flexibility index (Phi) is 6.34. The van der Waals surface area contributed by atoms with Crippen molar-refractivity contribution in [3.05, 3.63) is 65.3 Å². The van der Waals surface area contributed by atoms with Crippen LogP contribution in [-0.2, 0) is 0 Å². The highest BCUT2D eigenvalue weighted by Crippen LogP contribution is 2.25. The van der Waals surface area contributed by atoms with Crippen LogP contribution in [0.2, 0.25) is 5.02 Å². The number of aromatic nitrogens is 2. The van der Waals surface area contributed by atoms with Crippen LogP contribution >= 0.6 is 11.6 Å². The van der Waals surface area contributed by atoms with Crippen molar-refractivity contribution in [2.75, 3.05) is 34.3 Å². The Labute approximate surface area is 169 Å². The molecule has 3 rings (SSSR count). The Bertz CT molecular complexity index is 951. The Morgan fingerprint density at radius 1 is 1.18 bits per heavy atom. The van der Waals surface area contributed by atoms with E-state index in [1.54, 1.807) is 30.0 Å². The summed E-state index contributed by atoms with van der Waals surface area (Å²) in [5.41, 5.74) is 2.76. The molecule has 7 heteroatoms. The van der Waals surface area contributed by atoms with Gasteiger partial charge in [0, 0.05) is 23.7 Å². The highest BCUT2D eigenvalue weighted by Gasteiger charge is 2.18. The SMILES string of the molecule is COc1ccc(-c2cc(C(=O)NCCN(C)C)n(-c3cccc(Cl)c3)n2)cc1. The van der Waals surface area contributed by atoms with Gasteiger partial charge in [0.15, 0.2) is 0 Å². The zero-order chi connectivity index (χ0) is 20.1. The van der Waals surface area contributed by atoms with E-state index in [4.69, 9.17) is 16.3 Å². The molecule has 1 amide bonds. The maximum absolute atomic E-state index is 12.8. The zero-order valence-electron chi connectivity index (χ0n) is 16.1. The largest absolute Gasteiger partial charge is 0.497 e. The number of benzene rings is 2.